The highest BCUT2D eigenvalue weighted by atomic mass is 16.5. The predicted octanol–water partition coefficient (Wildman–Crippen LogP) is 3.21. The molecule has 0 aliphatic heterocycles. The largest absolute Gasteiger partial charge is 0.465 e. The van der Waals surface area contributed by atoms with Gasteiger partial charge < -0.3 is 9.47 Å². The summed E-state index contributed by atoms with van der Waals surface area (Å²) in [5, 5.41) is 0. The zero-order valence-corrected chi connectivity index (χ0v) is 13.0. The van der Waals surface area contributed by atoms with Crippen LogP contribution in [-0.2, 0) is 25.7 Å². The topological polar surface area (TPSA) is 52.6 Å². The SMILES string of the molecule is COC(=O)C1=C(CCCCOCc2ccccc2)CCC1=O. The number of unbranched alkanes of at least 4 members (excludes halogenated alkanes) is 1. The van der Waals surface area contributed by atoms with Crippen LogP contribution >= 0.6 is 0 Å². The number of methoxy groups -OCH3 is 1. The fraction of sp³-hybridized carbons (Fsp3) is 0.444. The number of benzene rings is 1. The Bertz CT molecular complexity index is 545. The van der Waals surface area contributed by atoms with Crippen molar-refractivity contribution < 1.29 is 19.1 Å². The molecule has 118 valence electrons. The molecule has 1 aromatic rings. The molecule has 1 aliphatic carbocycles. The van der Waals surface area contributed by atoms with Crippen LogP contribution in [0.2, 0.25) is 0 Å². The average molecular weight is 302 g/mol. The van der Waals surface area contributed by atoms with Crippen molar-refractivity contribution in [3.8, 4) is 0 Å². The molecule has 0 amide bonds. The molecule has 0 N–H and O–H groups in total. The Kier molecular flexibility index (Phi) is 6.34. The molecule has 2 rings (SSSR count). The van der Waals surface area contributed by atoms with E-state index in [1.165, 1.54) is 12.7 Å². The highest BCUT2D eigenvalue weighted by Crippen LogP contribution is 2.27. The zero-order chi connectivity index (χ0) is 15.8. The summed E-state index contributed by atoms with van der Waals surface area (Å²) in [7, 11) is 1.32. The molecule has 1 aromatic carbocycles. The first kappa shape index (κ1) is 16.4. The van der Waals surface area contributed by atoms with Crippen LogP contribution in [0.3, 0.4) is 0 Å². The van der Waals surface area contributed by atoms with Gasteiger partial charge in [-0.25, -0.2) is 4.79 Å². The van der Waals surface area contributed by atoms with Gasteiger partial charge in [0, 0.05) is 13.0 Å². The molecular weight excluding hydrogens is 280 g/mol. The van der Waals surface area contributed by atoms with Crippen molar-refractivity contribution in [1.29, 1.82) is 0 Å². The molecule has 0 atom stereocenters. The summed E-state index contributed by atoms with van der Waals surface area (Å²) < 4.78 is 10.3. The molecule has 1 aliphatic rings. The number of rotatable bonds is 8. The van der Waals surface area contributed by atoms with E-state index < -0.39 is 5.97 Å². The summed E-state index contributed by atoms with van der Waals surface area (Å²) in [5.74, 6) is -0.569. The van der Waals surface area contributed by atoms with Gasteiger partial charge in [0.1, 0.15) is 5.57 Å². The van der Waals surface area contributed by atoms with E-state index in [2.05, 4.69) is 4.74 Å². The van der Waals surface area contributed by atoms with Gasteiger partial charge in [-0.3, -0.25) is 4.79 Å². The van der Waals surface area contributed by atoms with E-state index in [0.29, 0.717) is 26.1 Å². The maximum Gasteiger partial charge on any atom is 0.341 e. The number of allylic oxidation sites excluding steroid dienone is 1. The van der Waals surface area contributed by atoms with E-state index in [0.717, 1.165) is 24.8 Å². The highest BCUT2D eigenvalue weighted by Gasteiger charge is 2.28. The van der Waals surface area contributed by atoms with Gasteiger partial charge in [-0.2, -0.15) is 0 Å². The third kappa shape index (κ3) is 4.53. The van der Waals surface area contributed by atoms with Crippen LogP contribution in [0.25, 0.3) is 0 Å². The smallest absolute Gasteiger partial charge is 0.341 e. The summed E-state index contributed by atoms with van der Waals surface area (Å²) in [6.45, 7) is 1.30. The van der Waals surface area contributed by atoms with Crippen molar-refractivity contribution in [2.24, 2.45) is 0 Å². The summed E-state index contributed by atoms with van der Waals surface area (Å²) in [6, 6.07) is 10.1. The lowest BCUT2D eigenvalue weighted by Crippen LogP contribution is -2.11. The Morgan fingerprint density at radius 3 is 2.64 bits per heavy atom. The van der Waals surface area contributed by atoms with Crippen LogP contribution in [-0.4, -0.2) is 25.5 Å². The minimum Gasteiger partial charge on any atom is -0.465 e. The fourth-order valence-corrected chi connectivity index (χ4v) is 2.63. The van der Waals surface area contributed by atoms with Crippen molar-refractivity contribution in [3.05, 3.63) is 47.0 Å². The molecule has 4 heteroatoms. The van der Waals surface area contributed by atoms with E-state index in [9.17, 15) is 9.59 Å². The van der Waals surface area contributed by atoms with Gasteiger partial charge in [0.05, 0.1) is 13.7 Å². The number of ether oxygens (including phenoxy) is 2. The van der Waals surface area contributed by atoms with Crippen LogP contribution < -0.4 is 0 Å². The number of carbonyl (C=O) groups excluding carboxylic acids is 2. The average Bonchev–Trinajstić information content (AvgIpc) is 2.92. The molecule has 0 heterocycles. The first-order valence-corrected chi connectivity index (χ1v) is 7.67. The van der Waals surface area contributed by atoms with Crippen LogP contribution in [0.15, 0.2) is 41.5 Å². The van der Waals surface area contributed by atoms with E-state index in [4.69, 9.17) is 4.74 Å². The lowest BCUT2D eigenvalue weighted by molar-refractivity contribution is -0.137. The number of hydrogen-bond acceptors (Lipinski definition) is 4. The second kappa shape index (κ2) is 8.49. The maximum atomic E-state index is 11.7. The van der Waals surface area contributed by atoms with Gasteiger partial charge in [0.2, 0.25) is 0 Å². The Balaban J connectivity index is 1.69. The van der Waals surface area contributed by atoms with E-state index in [1.54, 1.807) is 0 Å². The quantitative estimate of drug-likeness (QED) is 0.420. The Morgan fingerprint density at radius 2 is 1.91 bits per heavy atom. The summed E-state index contributed by atoms with van der Waals surface area (Å²) in [6.07, 6.45) is 3.72. The monoisotopic (exact) mass is 302 g/mol. The normalized spacial score (nSPS) is 14.5. The van der Waals surface area contributed by atoms with Crippen molar-refractivity contribution in [3.63, 3.8) is 0 Å². The molecule has 0 radical (unpaired) electrons. The molecule has 0 saturated carbocycles. The summed E-state index contributed by atoms with van der Waals surface area (Å²) >= 11 is 0. The van der Waals surface area contributed by atoms with Gasteiger partial charge in [0.15, 0.2) is 5.78 Å². The van der Waals surface area contributed by atoms with Crippen LogP contribution in [0, 0.1) is 0 Å². The molecule has 4 nitrogen and oxygen atoms in total. The van der Waals surface area contributed by atoms with Crippen LogP contribution in [0.4, 0.5) is 0 Å². The first-order valence-electron chi connectivity index (χ1n) is 7.67. The lowest BCUT2D eigenvalue weighted by atomic mass is 10.0. The zero-order valence-electron chi connectivity index (χ0n) is 13.0. The maximum absolute atomic E-state index is 11.7. The van der Waals surface area contributed by atoms with Gasteiger partial charge in [-0.05, 0) is 31.2 Å². The van der Waals surface area contributed by atoms with Crippen molar-refractivity contribution in [2.45, 2.75) is 38.7 Å². The van der Waals surface area contributed by atoms with Crippen LogP contribution in [0.1, 0.15) is 37.7 Å². The second-order valence-corrected chi connectivity index (χ2v) is 5.39. The number of hydrogen-bond donors (Lipinski definition) is 0. The molecule has 22 heavy (non-hydrogen) atoms. The second-order valence-electron chi connectivity index (χ2n) is 5.39. The first-order chi connectivity index (χ1) is 10.7. The minimum atomic E-state index is -0.488. The Labute approximate surface area is 131 Å². The van der Waals surface area contributed by atoms with Gasteiger partial charge in [-0.1, -0.05) is 35.9 Å². The standard InChI is InChI=1S/C18H22O4/c1-21-18(20)17-15(10-11-16(17)19)9-5-6-12-22-13-14-7-3-2-4-8-14/h2-4,7-8H,5-6,9-13H2,1H3. The van der Waals surface area contributed by atoms with Gasteiger partial charge in [0.25, 0.3) is 0 Å². The number of carbonyl (C=O) groups is 2. The molecule has 0 fully saturated rings. The molecule has 0 saturated heterocycles. The number of esters is 1. The molecule has 0 bridgehead atoms. The van der Waals surface area contributed by atoms with Gasteiger partial charge in [-0.15, -0.1) is 0 Å². The Morgan fingerprint density at radius 1 is 1.14 bits per heavy atom. The molecule has 0 aromatic heterocycles. The molecule has 0 unspecified atom stereocenters. The van der Waals surface area contributed by atoms with E-state index in [1.807, 2.05) is 30.3 Å². The predicted molar refractivity (Wildman–Crippen MR) is 83.2 cm³/mol. The fourth-order valence-electron chi connectivity index (χ4n) is 2.63. The highest BCUT2D eigenvalue weighted by molar-refractivity contribution is 6.19. The third-order valence-corrected chi connectivity index (χ3v) is 3.80. The number of Topliss-reactive ketones (excluding diaryl/α,β-unsaturated/α-hetero) is 1. The van der Waals surface area contributed by atoms with E-state index >= 15 is 0 Å². The van der Waals surface area contributed by atoms with Gasteiger partial charge >= 0.3 is 5.97 Å². The Hall–Kier alpha value is -1.94. The number of ketones is 1. The summed E-state index contributed by atoms with van der Waals surface area (Å²) in [4.78, 5) is 23.3. The van der Waals surface area contributed by atoms with Crippen molar-refractivity contribution >= 4 is 11.8 Å². The third-order valence-electron chi connectivity index (χ3n) is 3.80. The molecular formula is C18H22O4. The summed E-state index contributed by atoms with van der Waals surface area (Å²) in [5.41, 5.74) is 2.40. The molecule has 0 spiro atoms. The van der Waals surface area contributed by atoms with Crippen LogP contribution in [0.5, 0.6) is 0 Å². The van der Waals surface area contributed by atoms with Crippen molar-refractivity contribution in [1.82, 2.24) is 0 Å². The minimum absolute atomic E-state index is 0.0813. The van der Waals surface area contributed by atoms with Crippen molar-refractivity contribution in [2.75, 3.05) is 13.7 Å². The lowest BCUT2D eigenvalue weighted by Gasteiger charge is -2.06. The van der Waals surface area contributed by atoms with E-state index in [-0.39, 0.29) is 11.4 Å².